The number of para-hydroxylation sites is 1. The van der Waals surface area contributed by atoms with Crippen LogP contribution in [0.3, 0.4) is 0 Å². The number of nitrogens with two attached hydrogens (primary N) is 2. The quantitative estimate of drug-likeness (QED) is 0.835. The second kappa shape index (κ2) is 4.52. The summed E-state index contributed by atoms with van der Waals surface area (Å²) in [5, 5.41) is 0. The van der Waals surface area contributed by atoms with E-state index >= 15 is 0 Å². The molecule has 0 aliphatic rings. The molecule has 17 heavy (non-hydrogen) atoms. The van der Waals surface area contributed by atoms with Gasteiger partial charge in [0.2, 0.25) is 5.88 Å². The number of carbonyl (C=O) groups is 1. The average molecular weight is 229 g/mol. The van der Waals surface area contributed by atoms with Crippen molar-refractivity contribution >= 4 is 11.7 Å². The molecule has 86 valence electrons. The van der Waals surface area contributed by atoms with Gasteiger partial charge in [-0.05, 0) is 18.2 Å². The molecular formula is C12H11N3O2. The second-order valence-electron chi connectivity index (χ2n) is 3.36. The van der Waals surface area contributed by atoms with E-state index in [1.54, 1.807) is 42.5 Å². The highest BCUT2D eigenvalue weighted by Gasteiger charge is 2.09. The van der Waals surface area contributed by atoms with Crippen molar-refractivity contribution in [3.05, 3.63) is 48.0 Å². The number of hydrogen-bond acceptors (Lipinski definition) is 4. The average Bonchev–Trinajstić information content (AvgIpc) is 2.29. The van der Waals surface area contributed by atoms with E-state index in [0.29, 0.717) is 23.0 Å². The molecule has 0 aliphatic heterocycles. The fourth-order valence-corrected chi connectivity index (χ4v) is 1.36. The number of hydrogen-bond donors (Lipinski definition) is 2. The lowest BCUT2D eigenvalue weighted by atomic mass is 10.2. The number of nitrogen functional groups attached to an aromatic ring is 1. The van der Waals surface area contributed by atoms with Gasteiger partial charge in [0.15, 0.2) is 0 Å². The van der Waals surface area contributed by atoms with Crippen molar-refractivity contribution in [3.63, 3.8) is 0 Å². The number of nitrogens with zero attached hydrogens (tertiary/aromatic N) is 1. The van der Waals surface area contributed by atoms with Crippen molar-refractivity contribution in [2.24, 2.45) is 5.73 Å². The van der Waals surface area contributed by atoms with Crippen molar-refractivity contribution in [1.82, 2.24) is 4.98 Å². The van der Waals surface area contributed by atoms with Crippen LogP contribution in [0, 0.1) is 0 Å². The fourth-order valence-electron chi connectivity index (χ4n) is 1.36. The molecule has 0 saturated heterocycles. The summed E-state index contributed by atoms with van der Waals surface area (Å²) < 4.78 is 5.46. The Bertz CT molecular complexity index is 555. The van der Waals surface area contributed by atoms with Crippen molar-refractivity contribution in [1.29, 1.82) is 0 Å². The van der Waals surface area contributed by atoms with Crippen LogP contribution in [0.4, 0.5) is 5.82 Å². The second-order valence-corrected chi connectivity index (χ2v) is 3.36. The standard InChI is InChI=1S/C12H11N3O2/c13-10-6-3-7-11(15-10)17-9-5-2-1-4-8(9)12(14)16/h1-7H,(H2,13,15)(H2,14,16). The number of amides is 1. The number of aromatic nitrogens is 1. The first-order valence-corrected chi connectivity index (χ1v) is 4.96. The summed E-state index contributed by atoms with van der Waals surface area (Å²) >= 11 is 0. The minimum absolute atomic E-state index is 0.303. The first-order chi connectivity index (χ1) is 8.16. The Labute approximate surface area is 98.0 Å². The summed E-state index contributed by atoms with van der Waals surface area (Å²) in [5.41, 5.74) is 11.1. The SMILES string of the molecule is NC(=O)c1ccccc1Oc1cccc(N)n1. The maximum absolute atomic E-state index is 11.2. The third kappa shape index (κ3) is 2.52. The van der Waals surface area contributed by atoms with Crippen LogP contribution in [0.15, 0.2) is 42.5 Å². The summed E-state index contributed by atoms with van der Waals surface area (Å²) in [5.74, 6) is 0.473. The number of benzene rings is 1. The Kier molecular flexibility index (Phi) is 2.91. The molecule has 1 aromatic carbocycles. The zero-order chi connectivity index (χ0) is 12.3. The molecule has 5 heteroatoms. The topological polar surface area (TPSA) is 91.2 Å². The number of ether oxygens (including phenoxy) is 1. The molecule has 1 heterocycles. The number of rotatable bonds is 3. The van der Waals surface area contributed by atoms with Crippen LogP contribution < -0.4 is 16.2 Å². The van der Waals surface area contributed by atoms with Gasteiger partial charge in [-0.15, -0.1) is 0 Å². The molecule has 0 radical (unpaired) electrons. The van der Waals surface area contributed by atoms with Gasteiger partial charge in [0.1, 0.15) is 11.6 Å². The predicted molar refractivity (Wildman–Crippen MR) is 63.7 cm³/mol. The highest BCUT2D eigenvalue weighted by atomic mass is 16.5. The lowest BCUT2D eigenvalue weighted by Crippen LogP contribution is -2.12. The number of primary amides is 1. The van der Waals surface area contributed by atoms with Gasteiger partial charge in [0, 0.05) is 6.07 Å². The highest BCUT2D eigenvalue weighted by Crippen LogP contribution is 2.23. The van der Waals surface area contributed by atoms with E-state index < -0.39 is 5.91 Å². The smallest absolute Gasteiger partial charge is 0.252 e. The molecule has 2 aromatic rings. The highest BCUT2D eigenvalue weighted by molar-refractivity contribution is 5.95. The van der Waals surface area contributed by atoms with Crippen LogP contribution in [0.1, 0.15) is 10.4 Å². The van der Waals surface area contributed by atoms with E-state index in [2.05, 4.69) is 4.98 Å². The van der Waals surface area contributed by atoms with E-state index in [1.165, 1.54) is 0 Å². The third-order valence-corrected chi connectivity index (χ3v) is 2.11. The molecule has 0 aliphatic carbocycles. The first kappa shape index (κ1) is 10.9. The molecule has 5 nitrogen and oxygen atoms in total. The van der Waals surface area contributed by atoms with Crippen LogP contribution in [0.25, 0.3) is 0 Å². The summed E-state index contributed by atoms with van der Waals surface area (Å²) in [6, 6.07) is 11.7. The molecule has 0 spiro atoms. The Morgan fingerprint density at radius 1 is 1.12 bits per heavy atom. The van der Waals surface area contributed by atoms with Gasteiger partial charge in [-0.2, -0.15) is 4.98 Å². The van der Waals surface area contributed by atoms with Crippen molar-refractivity contribution in [2.45, 2.75) is 0 Å². The fraction of sp³-hybridized carbons (Fsp3) is 0. The lowest BCUT2D eigenvalue weighted by molar-refractivity contribution is 0.0998. The summed E-state index contributed by atoms with van der Waals surface area (Å²) in [4.78, 5) is 15.1. The van der Waals surface area contributed by atoms with Gasteiger partial charge in [0.05, 0.1) is 5.56 Å². The van der Waals surface area contributed by atoms with Crippen molar-refractivity contribution in [3.8, 4) is 11.6 Å². The molecule has 0 bridgehead atoms. The number of carbonyl (C=O) groups excluding carboxylic acids is 1. The molecule has 0 fully saturated rings. The van der Waals surface area contributed by atoms with E-state index in [1.807, 2.05) is 0 Å². The van der Waals surface area contributed by atoms with Crippen LogP contribution in [-0.4, -0.2) is 10.9 Å². The van der Waals surface area contributed by atoms with Gasteiger partial charge in [0.25, 0.3) is 5.91 Å². The van der Waals surface area contributed by atoms with Crippen LogP contribution in [0.5, 0.6) is 11.6 Å². The zero-order valence-corrected chi connectivity index (χ0v) is 8.96. The Morgan fingerprint density at radius 3 is 2.59 bits per heavy atom. The molecule has 0 unspecified atom stereocenters. The molecular weight excluding hydrogens is 218 g/mol. The molecule has 4 N–H and O–H groups in total. The van der Waals surface area contributed by atoms with Gasteiger partial charge in [-0.1, -0.05) is 18.2 Å². The normalized spacial score (nSPS) is 9.88. The maximum Gasteiger partial charge on any atom is 0.252 e. The number of pyridine rings is 1. The van der Waals surface area contributed by atoms with Gasteiger partial charge in [-0.25, -0.2) is 0 Å². The Balaban J connectivity index is 2.33. The van der Waals surface area contributed by atoms with E-state index in [4.69, 9.17) is 16.2 Å². The van der Waals surface area contributed by atoms with Gasteiger partial charge >= 0.3 is 0 Å². The van der Waals surface area contributed by atoms with Crippen LogP contribution in [0.2, 0.25) is 0 Å². The van der Waals surface area contributed by atoms with Gasteiger partial charge < -0.3 is 16.2 Å². The van der Waals surface area contributed by atoms with Crippen molar-refractivity contribution in [2.75, 3.05) is 5.73 Å². The first-order valence-electron chi connectivity index (χ1n) is 4.96. The predicted octanol–water partition coefficient (Wildman–Crippen LogP) is 1.55. The number of anilines is 1. The molecule has 0 atom stereocenters. The molecule has 1 amide bonds. The Morgan fingerprint density at radius 2 is 1.88 bits per heavy atom. The van der Waals surface area contributed by atoms with E-state index in [9.17, 15) is 4.79 Å². The summed E-state index contributed by atoms with van der Waals surface area (Å²) in [6.45, 7) is 0. The van der Waals surface area contributed by atoms with E-state index in [-0.39, 0.29) is 0 Å². The third-order valence-electron chi connectivity index (χ3n) is 2.11. The van der Waals surface area contributed by atoms with Gasteiger partial charge in [-0.3, -0.25) is 4.79 Å². The lowest BCUT2D eigenvalue weighted by Gasteiger charge is -2.08. The minimum Gasteiger partial charge on any atom is -0.438 e. The summed E-state index contributed by atoms with van der Waals surface area (Å²) in [6.07, 6.45) is 0. The molecule has 2 rings (SSSR count). The molecule has 1 aromatic heterocycles. The van der Waals surface area contributed by atoms with E-state index in [0.717, 1.165) is 0 Å². The molecule has 0 saturated carbocycles. The zero-order valence-electron chi connectivity index (χ0n) is 8.96. The van der Waals surface area contributed by atoms with Crippen molar-refractivity contribution < 1.29 is 9.53 Å². The van der Waals surface area contributed by atoms with Crippen LogP contribution >= 0.6 is 0 Å². The van der Waals surface area contributed by atoms with Crippen LogP contribution in [-0.2, 0) is 0 Å². The Hall–Kier alpha value is -2.56. The maximum atomic E-state index is 11.2. The largest absolute Gasteiger partial charge is 0.438 e. The minimum atomic E-state index is -0.551. The summed E-state index contributed by atoms with van der Waals surface area (Å²) in [7, 11) is 0. The monoisotopic (exact) mass is 229 g/mol.